The Morgan fingerprint density at radius 1 is 1.55 bits per heavy atom. The third-order valence-electron chi connectivity index (χ3n) is 2.75. The number of piperazine rings is 1. The summed E-state index contributed by atoms with van der Waals surface area (Å²) < 4.78 is 0. The zero-order chi connectivity index (χ0) is 7.84. The summed E-state index contributed by atoms with van der Waals surface area (Å²) in [4.78, 5) is 13.1. The van der Waals surface area contributed by atoms with Crippen LogP contribution in [0.3, 0.4) is 0 Å². The van der Waals surface area contributed by atoms with Crippen molar-refractivity contribution in [1.29, 1.82) is 0 Å². The van der Waals surface area contributed by atoms with E-state index in [0.29, 0.717) is 12.1 Å². The van der Waals surface area contributed by atoms with E-state index in [1.807, 2.05) is 4.90 Å². The largest absolute Gasteiger partial charge is 0.337 e. The van der Waals surface area contributed by atoms with E-state index in [-0.39, 0.29) is 5.91 Å². The van der Waals surface area contributed by atoms with Gasteiger partial charge >= 0.3 is 0 Å². The molecule has 0 radical (unpaired) electrons. The highest BCUT2D eigenvalue weighted by atomic mass is 16.2. The first-order chi connectivity index (χ1) is 5.27. The molecule has 3 fully saturated rings. The Balaban J connectivity index is 2.08. The van der Waals surface area contributed by atoms with Crippen LogP contribution in [-0.4, -0.2) is 36.0 Å². The molecule has 0 aliphatic carbocycles. The summed E-state index contributed by atoms with van der Waals surface area (Å²) in [6.45, 7) is 3.60. The van der Waals surface area contributed by atoms with Gasteiger partial charge < -0.3 is 10.2 Å². The molecule has 3 heterocycles. The van der Waals surface area contributed by atoms with Gasteiger partial charge in [0.1, 0.15) is 0 Å². The second-order valence-electron chi connectivity index (χ2n) is 3.51. The van der Waals surface area contributed by atoms with Gasteiger partial charge in [0.05, 0.1) is 0 Å². The summed E-state index contributed by atoms with van der Waals surface area (Å²) in [6, 6.07) is 1.06. The van der Waals surface area contributed by atoms with Gasteiger partial charge in [-0.05, 0) is 12.8 Å². The summed E-state index contributed by atoms with van der Waals surface area (Å²) in [5, 5.41) is 3.41. The number of amides is 1. The van der Waals surface area contributed by atoms with Gasteiger partial charge in [0.2, 0.25) is 5.91 Å². The van der Waals surface area contributed by atoms with Crippen LogP contribution in [0.5, 0.6) is 0 Å². The van der Waals surface area contributed by atoms with Gasteiger partial charge in [-0.3, -0.25) is 4.79 Å². The fourth-order valence-electron chi connectivity index (χ4n) is 2.09. The molecule has 3 aliphatic rings. The number of fused-ring (bicyclic) bond motifs is 3. The Hall–Kier alpha value is -0.570. The van der Waals surface area contributed by atoms with Gasteiger partial charge in [0.25, 0.3) is 0 Å². The van der Waals surface area contributed by atoms with Crippen LogP contribution in [0.1, 0.15) is 19.8 Å². The Morgan fingerprint density at radius 2 is 2.36 bits per heavy atom. The first-order valence-corrected chi connectivity index (χ1v) is 4.28. The van der Waals surface area contributed by atoms with E-state index in [1.165, 1.54) is 12.8 Å². The van der Waals surface area contributed by atoms with Crippen molar-refractivity contribution in [3.63, 3.8) is 0 Å². The van der Waals surface area contributed by atoms with Gasteiger partial charge in [-0.2, -0.15) is 0 Å². The highest BCUT2D eigenvalue weighted by Gasteiger charge is 2.34. The smallest absolute Gasteiger partial charge is 0.219 e. The van der Waals surface area contributed by atoms with E-state index in [9.17, 15) is 4.79 Å². The van der Waals surface area contributed by atoms with Crippen molar-refractivity contribution in [2.24, 2.45) is 0 Å². The van der Waals surface area contributed by atoms with Gasteiger partial charge in [0, 0.05) is 32.1 Å². The lowest BCUT2D eigenvalue weighted by Gasteiger charge is -2.45. The maximum absolute atomic E-state index is 11.1. The van der Waals surface area contributed by atoms with E-state index in [1.54, 1.807) is 6.92 Å². The van der Waals surface area contributed by atoms with E-state index in [0.717, 1.165) is 13.1 Å². The first-order valence-electron chi connectivity index (χ1n) is 4.28. The van der Waals surface area contributed by atoms with Crippen LogP contribution in [0.4, 0.5) is 0 Å². The molecule has 3 heteroatoms. The van der Waals surface area contributed by atoms with Crippen molar-refractivity contribution in [2.45, 2.75) is 31.8 Å². The van der Waals surface area contributed by atoms with Crippen LogP contribution in [0.2, 0.25) is 0 Å². The van der Waals surface area contributed by atoms with E-state index in [4.69, 9.17) is 0 Å². The molecule has 0 spiro atoms. The molecule has 1 N–H and O–H groups in total. The van der Waals surface area contributed by atoms with Crippen molar-refractivity contribution >= 4 is 5.91 Å². The van der Waals surface area contributed by atoms with Crippen LogP contribution < -0.4 is 5.32 Å². The number of hydrogen-bond donors (Lipinski definition) is 1. The lowest BCUT2D eigenvalue weighted by atomic mass is 9.93. The zero-order valence-corrected chi connectivity index (χ0v) is 6.84. The molecule has 3 saturated heterocycles. The number of rotatable bonds is 0. The average Bonchev–Trinajstić information content (AvgIpc) is 2.06. The lowest BCUT2D eigenvalue weighted by Crippen LogP contribution is -2.62. The standard InChI is InChI=1S/C8H14N2O/c1-6(11)10-5-7-2-3-8(10)4-9-7/h7-9H,2-5H2,1H3/t7-,8-/m0/s1. The minimum absolute atomic E-state index is 0.237. The zero-order valence-electron chi connectivity index (χ0n) is 6.84. The van der Waals surface area contributed by atoms with Gasteiger partial charge in [-0.15, -0.1) is 0 Å². The highest BCUT2D eigenvalue weighted by molar-refractivity contribution is 5.74. The summed E-state index contributed by atoms with van der Waals surface area (Å²) in [7, 11) is 0. The topological polar surface area (TPSA) is 32.3 Å². The minimum atomic E-state index is 0.237. The SMILES string of the molecule is CC(=O)N1C[C@@H]2CC[C@H]1CN2. The number of hydrogen-bond acceptors (Lipinski definition) is 2. The van der Waals surface area contributed by atoms with E-state index >= 15 is 0 Å². The maximum Gasteiger partial charge on any atom is 0.219 e. The Bertz CT molecular complexity index is 173. The van der Waals surface area contributed by atoms with Crippen molar-refractivity contribution in [2.75, 3.05) is 13.1 Å². The average molecular weight is 154 g/mol. The number of carbonyl (C=O) groups is 1. The fourth-order valence-corrected chi connectivity index (χ4v) is 2.09. The monoisotopic (exact) mass is 154 g/mol. The van der Waals surface area contributed by atoms with Gasteiger partial charge in [0.15, 0.2) is 0 Å². The normalized spacial score (nSPS) is 35.9. The molecule has 0 aromatic carbocycles. The van der Waals surface area contributed by atoms with Crippen LogP contribution >= 0.6 is 0 Å². The predicted molar refractivity (Wildman–Crippen MR) is 42.2 cm³/mol. The minimum Gasteiger partial charge on any atom is -0.337 e. The van der Waals surface area contributed by atoms with Crippen molar-refractivity contribution in [1.82, 2.24) is 10.2 Å². The van der Waals surface area contributed by atoms with Gasteiger partial charge in [-0.1, -0.05) is 0 Å². The van der Waals surface area contributed by atoms with Gasteiger partial charge in [-0.25, -0.2) is 0 Å². The molecular weight excluding hydrogens is 140 g/mol. The Morgan fingerprint density at radius 3 is 2.64 bits per heavy atom. The second-order valence-corrected chi connectivity index (χ2v) is 3.51. The number of piperidine rings is 2. The molecule has 3 rings (SSSR count). The Labute approximate surface area is 66.8 Å². The van der Waals surface area contributed by atoms with Crippen LogP contribution in [0.25, 0.3) is 0 Å². The summed E-state index contributed by atoms with van der Waals surface area (Å²) in [5.74, 6) is 0.237. The molecule has 1 amide bonds. The molecule has 0 aromatic heterocycles. The summed E-state index contributed by atoms with van der Waals surface area (Å²) >= 11 is 0. The molecule has 0 saturated carbocycles. The summed E-state index contributed by atoms with van der Waals surface area (Å²) in [6.07, 6.45) is 2.44. The van der Waals surface area contributed by atoms with Crippen LogP contribution in [0, 0.1) is 0 Å². The predicted octanol–water partition coefficient (Wildman–Crippen LogP) is -0.0309. The first kappa shape index (κ1) is 7.10. The molecule has 3 nitrogen and oxygen atoms in total. The molecule has 11 heavy (non-hydrogen) atoms. The molecule has 3 aliphatic heterocycles. The van der Waals surface area contributed by atoms with Crippen molar-refractivity contribution in [3.8, 4) is 0 Å². The van der Waals surface area contributed by atoms with Crippen LogP contribution in [0.15, 0.2) is 0 Å². The van der Waals surface area contributed by atoms with E-state index in [2.05, 4.69) is 5.32 Å². The summed E-state index contributed by atoms with van der Waals surface area (Å²) in [5.41, 5.74) is 0. The number of carbonyl (C=O) groups excluding carboxylic acids is 1. The van der Waals surface area contributed by atoms with Crippen molar-refractivity contribution in [3.05, 3.63) is 0 Å². The molecular formula is C8H14N2O. The third kappa shape index (κ3) is 1.13. The number of nitrogens with zero attached hydrogens (tertiary/aromatic N) is 1. The van der Waals surface area contributed by atoms with Crippen LogP contribution in [-0.2, 0) is 4.79 Å². The quantitative estimate of drug-likeness (QED) is 0.531. The molecule has 2 bridgehead atoms. The second kappa shape index (κ2) is 2.48. The number of nitrogens with one attached hydrogen (secondary N) is 1. The maximum atomic E-state index is 11.1. The van der Waals surface area contributed by atoms with E-state index < -0.39 is 0 Å². The lowest BCUT2D eigenvalue weighted by molar-refractivity contribution is -0.134. The third-order valence-corrected chi connectivity index (χ3v) is 2.75. The Kier molecular flexibility index (Phi) is 1.60. The molecule has 0 unspecified atom stereocenters. The molecule has 2 atom stereocenters. The fraction of sp³-hybridized carbons (Fsp3) is 0.875. The molecule has 62 valence electrons. The highest BCUT2D eigenvalue weighted by Crippen LogP contribution is 2.21. The van der Waals surface area contributed by atoms with Crippen molar-refractivity contribution < 1.29 is 4.79 Å². The molecule has 0 aromatic rings.